The van der Waals surface area contributed by atoms with Gasteiger partial charge in [-0.3, -0.25) is 9.69 Å². The third-order valence-electron chi connectivity index (χ3n) is 4.94. The van der Waals surface area contributed by atoms with E-state index < -0.39 is 5.54 Å². The smallest absolute Gasteiger partial charge is 0.235 e. The summed E-state index contributed by atoms with van der Waals surface area (Å²) in [6.45, 7) is 4.04. The summed E-state index contributed by atoms with van der Waals surface area (Å²) >= 11 is 0. The highest BCUT2D eigenvalue weighted by molar-refractivity contribution is 5.80. The van der Waals surface area contributed by atoms with E-state index in [-0.39, 0.29) is 24.4 Å². The maximum absolute atomic E-state index is 12.3. The highest BCUT2D eigenvalue weighted by Gasteiger charge is 2.43. The van der Waals surface area contributed by atoms with Gasteiger partial charge in [0.2, 0.25) is 5.91 Å². The monoisotopic (exact) mass is 325 g/mol. The van der Waals surface area contributed by atoms with Crippen LogP contribution in [0.5, 0.6) is 0 Å². The Morgan fingerprint density at radius 3 is 2.83 bits per heavy atom. The van der Waals surface area contributed by atoms with E-state index in [0.29, 0.717) is 0 Å². The molecule has 1 aromatic heterocycles. The first-order valence-corrected chi connectivity index (χ1v) is 8.34. The zero-order valence-electron chi connectivity index (χ0n) is 14.4. The zero-order valence-corrected chi connectivity index (χ0v) is 14.4. The molecule has 0 saturated heterocycles. The lowest BCUT2D eigenvalue weighted by Crippen LogP contribution is -2.50. The summed E-state index contributed by atoms with van der Waals surface area (Å²) < 4.78 is 5.88. The Balaban J connectivity index is 1.64. The van der Waals surface area contributed by atoms with E-state index in [1.165, 1.54) is 0 Å². The van der Waals surface area contributed by atoms with Crippen LogP contribution in [0.15, 0.2) is 34.7 Å². The van der Waals surface area contributed by atoms with Crippen molar-refractivity contribution in [1.29, 1.82) is 5.26 Å². The van der Waals surface area contributed by atoms with Crippen LogP contribution in [-0.4, -0.2) is 29.9 Å². The second-order valence-corrected chi connectivity index (χ2v) is 6.91. The molecule has 0 radical (unpaired) electrons. The maximum Gasteiger partial charge on any atom is 0.235 e. The number of furan rings is 1. The molecule has 2 aromatic rings. The predicted octanol–water partition coefficient (Wildman–Crippen LogP) is 3.23. The summed E-state index contributed by atoms with van der Waals surface area (Å²) in [7, 11) is 1.89. The van der Waals surface area contributed by atoms with Gasteiger partial charge in [0.05, 0.1) is 18.7 Å². The Morgan fingerprint density at radius 2 is 2.21 bits per heavy atom. The lowest BCUT2D eigenvalue weighted by Gasteiger charge is -2.26. The number of likely N-dealkylation sites (N-methyl/N-ethyl adjacent to an activating group) is 1. The van der Waals surface area contributed by atoms with Gasteiger partial charge in [0.25, 0.3) is 0 Å². The minimum absolute atomic E-state index is 0.0302. The van der Waals surface area contributed by atoms with E-state index in [1.807, 2.05) is 56.1 Å². The third kappa shape index (κ3) is 3.29. The molecule has 1 aliphatic carbocycles. The van der Waals surface area contributed by atoms with Crippen molar-refractivity contribution in [1.82, 2.24) is 10.2 Å². The van der Waals surface area contributed by atoms with Crippen LogP contribution in [0, 0.1) is 17.2 Å². The molecule has 1 aliphatic rings. The van der Waals surface area contributed by atoms with Crippen molar-refractivity contribution in [2.24, 2.45) is 5.92 Å². The number of nitrogens with zero attached hydrogens (tertiary/aromatic N) is 2. The molecule has 126 valence electrons. The van der Waals surface area contributed by atoms with Gasteiger partial charge in [-0.05, 0) is 51.8 Å². The Hall–Kier alpha value is -2.32. The summed E-state index contributed by atoms with van der Waals surface area (Å²) in [4.78, 5) is 14.3. The number of benzene rings is 1. The highest BCUT2D eigenvalue weighted by Crippen LogP contribution is 2.39. The fourth-order valence-corrected chi connectivity index (χ4v) is 3.00. The van der Waals surface area contributed by atoms with Crippen molar-refractivity contribution in [2.75, 3.05) is 13.6 Å². The van der Waals surface area contributed by atoms with Crippen molar-refractivity contribution in [2.45, 2.75) is 38.3 Å². The van der Waals surface area contributed by atoms with Crippen molar-refractivity contribution < 1.29 is 9.21 Å². The number of para-hydroxylation sites is 1. The lowest BCUT2D eigenvalue weighted by atomic mass is 9.98. The first-order valence-electron chi connectivity index (χ1n) is 8.34. The quantitative estimate of drug-likeness (QED) is 0.885. The van der Waals surface area contributed by atoms with Crippen molar-refractivity contribution in [3.63, 3.8) is 0 Å². The predicted molar refractivity (Wildman–Crippen MR) is 92.1 cm³/mol. The van der Waals surface area contributed by atoms with Gasteiger partial charge in [-0.1, -0.05) is 18.2 Å². The molecule has 1 N–H and O–H groups in total. The first kappa shape index (κ1) is 16.5. The van der Waals surface area contributed by atoms with Crippen LogP contribution in [0.2, 0.25) is 0 Å². The van der Waals surface area contributed by atoms with Crippen LogP contribution in [0.25, 0.3) is 11.0 Å². The molecule has 5 nitrogen and oxygen atoms in total. The molecule has 1 saturated carbocycles. The van der Waals surface area contributed by atoms with E-state index in [1.54, 1.807) is 0 Å². The standard InChI is InChI=1S/C19H23N3O2/c1-13(17-10-14-6-4-5-7-16(14)24-17)22(3)11-18(23)21-19(2,12-20)15-8-9-15/h4-7,10,13,15H,8-9,11H2,1-3H3,(H,21,23). The minimum atomic E-state index is -0.749. The Labute approximate surface area is 142 Å². The van der Waals surface area contributed by atoms with Gasteiger partial charge in [0.1, 0.15) is 16.9 Å². The fraction of sp³-hybridized carbons (Fsp3) is 0.474. The van der Waals surface area contributed by atoms with Crippen molar-refractivity contribution in [3.8, 4) is 6.07 Å². The molecule has 0 aliphatic heterocycles. The van der Waals surface area contributed by atoms with Crippen molar-refractivity contribution in [3.05, 3.63) is 36.1 Å². The second-order valence-electron chi connectivity index (χ2n) is 6.91. The number of nitriles is 1. The topological polar surface area (TPSA) is 69.3 Å². The largest absolute Gasteiger partial charge is 0.459 e. The van der Waals surface area contributed by atoms with Crippen LogP contribution in [0.1, 0.15) is 38.5 Å². The number of hydrogen-bond donors (Lipinski definition) is 1. The Morgan fingerprint density at radius 1 is 1.50 bits per heavy atom. The van der Waals surface area contributed by atoms with E-state index in [0.717, 1.165) is 29.6 Å². The number of hydrogen-bond acceptors (Lipinski definition) is 4. The van der Waals surface area contributed by atoms with E-state index in [9.17, 15) is 10.1 Å². The highest BCUT2D eigenvalue weighted by atomic mass is 16.3. The molecular weight excluding hydrogens is 302 g/mol. The molecule has 1 fully saturated rings. The normalized spacial score (nSPS) is 18.1. The van der Waals surface area contributed by atoms with E-state index in [4.69, 9.17) is 4.42 Å². The average Bonchev–Trinajstić information content (AvgIpc) is 3.33. The Bertz CT molecular complexity index is 754. The summed E-state index contributed by atoms with van der Waals surface area (Å²) in [5.41, 5.74) is 0.101. The van der Waals surface area contributed by atoms with Crippen LogP contribution in [-0.2, 0) is 4.79 Å². The van der Waals surface area contributed by atoms with Crippen LogP contribution < -0.4 is 5.32 Å². The van der Waals surface area contributed by atoms with Gasteiger partial charge >= 0.3 is 0 Å². The Kier molecular flexibility index (Phi) is 4.33. The molecule has 1 amide bonds. The van der Waals surface area contributed by atoms with Crippen LogP contribution in [0.3, 0.4) is 0 Å². The molecule has 1 heterocycles. The number of fused-ring (bicyclic) bond motifs is 1. The van der Waals surface area contributed by atoms with Crippen LogP contribution in [0.4, 0.5) is 0 Å². The molecule has 2 unspecified atom stereocenters. The summed E-state index contributed by atoms with van der Waals surface area (Å²) in [6.07, 6.45) is 2.02. The second kappa shape index (κ2) is 6.29. The molecule has 1 aromatic carbocycles. The molecule has 5 heteroatoms. The molecule has 0 spiro atoms. The maximum atomic E-state index is 12.3. The summed E-state index contributed by atoms with van der Waals surface area (Å²) in [5, 5.41) is 13.3. The first-order chi connectivity index (χ1) is 11.4. The fourth-order valence-electron chi connectivity index (χ4n) is 3.00. The number of carbonyl (C=O) groups is 1. The molecule has 0 bridgehead atoms. The van der Waals surface area contributed by atoms with Gasteiger partial charge in [0, 0.05) is 5.39 Å². The van der Waals surface area contributed by atoms with Crippen molar-refractivity contribution >= 4 is 16.9 Å². The molecule has 2 atom stereocenters. The molecule has 3 rings (SSSR count). The van der Waals surface area contributed by atoms with Gasteiger partial charge < -0.3 is 9.73 Å². The number of nitrogens with one attached hydrogen (secondary N) is 1. The zero-order chi connectivity index (χ0) is 17.3. The number of rotatable bonds is 6. The average molecular weight is 325 g/mol. The third-order valence-corrected chi connectivity index (χ3v) is 4.94. The lowest BCUT2D eigenvalue weighted by molar-refractivity contribution is -0.123. The van der Waals surface area contributed by atoms with Gasteiger partial charge in [-0.15, -0.1) is 0 Å². The van der Waals surface area contributed by atoms with Gasteiger partial charge in [0.15, 0.2) is 0 Å². The number of carbonyl (C=O) groups excluding carboxylic acids is 1. The summed E-state index contributed by atoms with van der Waals surface area (Å²) in [5.74, 6) is 0.984. The van der Waals surface area contributed by atoms with Crippen LogP contribution >= 0.6 is 0 Å². The van der Waals surface area contributed by atoms with E-state index in [2.05, 4.69) is 11.4 Å². The van der Waals surface area contributed by atoms with Gasteiger partial charge in [-0.25, -0.2) is 0 Å². The van der Waals surface area contributed by atoms with E-state index >= 15 is 0 Å². The number of amides is 1. The SMILES string of the molecule is CC(c1cc2ccccc2o1)N(C)CC(=O)NC(C)(C#N)C1CC1. The molecule has 24 heavy (non-hydrogen) atoms. The molecular formula is C19H23N3O2. The minimum Gasteiger partial charge on any atom is -0.459 e. The summed E-state index contributed by atoms with van der Waals surface area (Å²) in [6, 6.07) is 12.1. The van der Waals surface area contributed by atoms with Gasteiger partial charge in [-0.2, -0.15) is 5.26 Å².